The van der Waals surface area contributed by atoms with Gasteiger partial charge >= 0.3 is 0 Å². The van der Waals surface area contributed by atoms with Gasteiger partial charge in [-0.2, -0.15) is 0 Å². The Bertz CT molecular complexity index is 607. The second-order valence-electron chi connectivity index (χ2n) is 5.00. The maximum absolute atomic E-state index is 6.06. The summed E-state index contributed by atoms with van der Waals surface area (Å²) in [5.74, 6) is 0.594. The SMILES string of the molecule is Clc1ccc(OCC2COC(CCn3ccnc3)O2)c(Cl)c1. The quantitative estimate of drug-likeness (QED) is 0.807. The first-order valence-corrected chi connectivity index (χ1v) is 7.77. The lowest BCUT2D eigenvalue weighted by Gasteiger charge is -2.13. The topological polar surface area (TPSA) is 45.5 Å². The molecular weight excluding hydrogens is 327 g/mol. The van der Waals surface area contributed by atoms with Gasteiger partial charge in [0, 0.05) is 30.4 Å². The number of hydrogen-bond acceptors (Lipinski definition) is 4. The van der Waals surface area contributed by atoms with Crippen LogP contribution < -0.4 is 4.74 Å². The molecule has 5 nitrogen and oxygen atoms in total. The highest BCUT2D eigenvalue weighted by Gasteiger charge is 2.26. The van der Waals surface area contributed by atoms with Crippen LogP contribution in [0.3, 0.4) is 0 Å². The van der Waals surface area contributed by atoms with E-state index in [4.69, 9.17) is 37.4 Å². The first-order valence-electron chi connectivity index (χ1n) is 7.01. The fourth-order valence-electron chi connectivity index (χ4n) is 2.20. The van der Waals surface area contributed by atoms with E-state index in [1.807, 2.05) is 10.8 Å². The van der Waals surface area contributed by atoms with Gasteiger partial charge in [0.15, 0.2) is 6.29 Å². The molecule has 0 aliphatic carbocycles. The molecule has 2 atom stereocenters. The summed E-state index contributed by atoms with van der Waals surface area (Å²) < 4.78 is 19.1. The van der Waals surface area contributed by atoms with Gasteiger partial charge in [-0.1, -0.05) is 23.2 Å². The van der Waals surface area contributed by atoms with Crippen LogP contribution in [-0.2, 0) is 16.0 Å². The summed E-state index contributed by atoms with van der Waals surface area (Å²) in [6.45, 7) is 1.71. The molecule has 2 aromatic rings. The number of halogens is 2. The number of rotatable bonds is 6. The van der Waals surface area contributed by atoms with Crippen LogP contribution in [0.25, 0.3) is 0 Å². The van der Waals surface area contributed by atoms with Crippen molar-refractivity contribution in [3.8, 4) is 5.75 Å². The van der Waals surface area contributed by atoms with Crippen LogP contribution in [0.2, 0.25) is 10.0 Å². The molecule has 0 amide bonds. The Morgan fingerprint density at radius 2 is 2.27 bits per heavy atom. The average molecular weight is 343 g/mol. The Morgan fingerprint density at radius 3 is 3.05 bits per heavy atom. The van der Waals surface area contributed by atoms with Gasteiger partial charge in [-0.25, -0.2) is 4.98 Å². The van der Waals surface area contributed by atoms with E-state index in [2.05, 4.69) is 4.98 Å². The van der Waals surface area contributed by atoms with Crippen molar-refractivity contribution in [2.75, 3.05) is 13.2 Å². The van der Waals surface area contributed by atoms with Crippen molar-refractivity contribution >= 4 is 23.2 Å². The molecule has 1 saturated heterocycles. The van der Waals surface area contributed by atoms with E-state index in [-0.39, 0.29) is 12.4 Å². The third-order valence-corrected chi connectivity index (χ3v) is 3.84. The van der Waals surface area contributed by atoms with Crippen LogP contribution in [-0.4, -0.2) is 35.2 Å². The predicted molar refractivity (Wildman–Crippen MR) is 83.4 cm³/mol. The van der Waals surface area contributed by atoms with Crippen molar-refractivity contribution in [1.82, 2.24) is 9.55 Å². The van der Waals surface area contributed by atoms with Crippen LogP contribution in [0.1, 0.15) is 6.42 Å². The number of imidazole rings is 1. The Morgan fingerprint density at radius 1 is 1.36 bits per heavy atom. The minimum atomic E-state index is -0.211. The summed E-state index contributed by atoms with van der Waals surface area (Å²) in [7, 11) is 0. The van der Waals surface area contributed by atoms with Gasteiger partial charge < -0.3 is 18.8 Å². The molecule has 0 bridgehead atoms. The van der Waals surface area contributed by atoms with Crippen molar-refractivity contribution in [3.63, 3.8) is 0 Å². The van der Waals surface area contributed by atoms with Gasteiger partial charge in [0.05, 0.1) is 18.0 Å². The van der Waals surface area contributed by atoms with Crippen LogP contribution in [0.4, 0.5) is 0 Å². The number of aryl methyl sites for hydroxylation is 1. The van der Waals surface area contributed by atoms with E-state index in [1.54, 1.807) is 30.7 Å². The van der Waals surface area contributed by atoms with Gasteiger partial charge in [-0.3, -0.25) is 0 Å². The van der Waals surface area contributed by atoms with E-state index in [9.17, 15) is 0 Å². The standard InChI is InChI=1S/C15H16Cl2N2O3/c16-11-1-2-14(13(17)7-11)20-8-12-9-21-15(22-12)3-5-19-6-4-18-10-19/h1-2,4,6-7,10,12,15H,3,5,8-9H2. The summed E-state index contributed by atoms with van der Waals surface area (Å²) >= 11 is 11.9. The van der Waals surface area contributed by atoms with E-state index in [1.165, 1.54) is 0 Å². The van der Waals surface area contributed by atoms with E-state index in [0.29, 0.717) is 29.0 Å². The van der Waals surface area contributed by atoms with Crippen LogP contribution in [0.15, 0.2) is 36.9 Å². The minimum Gasteiger partial charge on any atom is -0.489 e. The molecule has 7 heteroatoms. The number of aromatic nitrogens is 2. The molecule has 2 heterocycles. The van der Waals surface area contributed by atoms with E-state index < -0.39 is 0 Å². The van der Waals surface area contributed by atoms with Crippen molar-refractivity contribution in [2.45, 2.75) is 25.4 Å². The molecule has 1 aliphatic rings. The second-order valence-corrected chi connectivity index (χ2v) is 5.84. The molecule has 1 aromatic heterocycles. The third-order valence-electron chi connectivity index (χ3n) is 3.31. The highest BCUT2D eigenvalue weighted by atomic mass is 35.5. The summed E-state index contributed by atoms with van der Waals surface area (Å²) in [4.78, 5) is 4.00. The van der Waals surface area contributed by atoms with Crippen LogP contribution in [0.5, 0.6) is 5.75 Å². The molecule has 0 N–H and O–H groups in total. The lowest BCUT2D eigenvalue weighted by atomic mass is 10.3. The first-order chi connectivity index (χ1) is 10.7. The smallest absolute Gasteiger partial charge is 0.160 e. The molecule has 0 saturated carbocycles. The number of ether oxygens (including phenoxy) is 3. The third kappa shape index (κ3) is 4.14. The molecule has 0 radical (unpaired) electrons. The molecule has 1 fully saturated rings. The van der Waals surface area contributed by atoms with Gasteiger partial charge in [-0.05, 0) is 18.2 Å². The molecule has 22 heavy (non-hydrogen) atoms. The number of nitrogens with zero attached hydrogens (tertiary/aromatic N) is 2. The van der Waals surface area contributed by atoms with Crippen molar-refractivity contribution in [3.05, 3.63) is 47.0 Å². The van der Waals surface area contributed by atoms with Crippen LogP contribution >= 0.6 is 23.2 Å². The Labute approximate surface area is 138 Å². The average Bonchev–Trinajstić information content (AvgIpc) is 3.16. The Hall–Kier alpha value is -1.27. The molecular formula is C15H16Cl2N2O3. The van der Waals surface area contributed by atoms with Gasteiger partial charge in [0.25, 0.3) is 0 Å². The molecule has 0 spiro atoms. The zero-order valence-electron chi connectivity index (χ0n) is 11.8. The van der Waals surface area contributed by atoms with Crippen LogP contribution in [0, 0.1) is 0 Å². The lowest BCUT2D eigenvalue weighted by molar-refractivity contribution is -0.0695. The van der Waals surface area contributed by atoms with E-state index in [0.717, 1.165) is 13.0 Å². The fourth-order valence-corrected chi connectivity index (χ4v) is 2.66. The molecule has 2 unspecified atom stereocenters. The fraction of sp³-hybridized carbons (Fsp3) is 0.400. The molecule has 1 aromatic carbocycles. The normalized spacial score (nSPS) is 21.2. The Kier molecular flexibility index (Phi) is 5.20. The highest BCUT2D eigenvalue weighted by Crippen LogP contribution is 2.28. The van der Waals surface area contributed by atoms with E-state index >= 15 is 0 Å². The number of hydrogen-bond donors (Lipinski definition) is 0. The summed E-state index contributed by atoms with van der Waals surface area (Å²) in [5.41, 5.74) is 0. The zero-order valence-corrected chi connectivity index (χ0v) is 13.3. The summed E-state index contributed by atoms with van der Waals surface area (Å²) in [5, 5.41) is 1.07. The summed E-state index contributed by atoms with van der Waals surface area (Å²) in [6.07, 6.45) is 5.91. The molecule has 1 aliphatic heterocycles. The largest absolute Gasteiger partial charge is 0.489 e. The minimum absolute atomic E-state index is 0.0977. The zero-order chi connectivity index (χ0) is 15.4. The lowest BCUT2D eigenvalue weighted by Crippen LogP contribution is -2.21. The van der Waals surface area contributed by atoms with Crippen molar-refractivity contribution in [1.29, 1.82) is 0 Å². The first kappa shape index (κ1) is 15.6. The molecule has 118 valence electrons. The number of benzene rings is 1. The van der Waals surface area contributed by atoms with Crippen molar-refractivity contribution in [2.24, 2.45) is 0 Å². The van der Waals surface area contributed by atoms with Gasteiger partial charge in [-0.15, -0.1) is 0 Å². The second kappa shape index (κ2) is 7.33. The maximum Gasteiger partial charge on any atom is 0.160 e. The molecule has 3 rings (SSSR count). The van der Waals surface area contributed by atoms with Gasteiger partial charge in [0.2, 0.25) is 0 Å². The predicted octanol–water partition coefficient (Wildman–Crippen LogP) is 3.40. The Balaban J connectivity index is 1.43. The summed E-state index contributed by atoms with van der Waals surface area (Å²) in [6, 6.07) is 5.14. The van der Waals surface area contributed by atoms with Crippen molar-refractivity contribution < 1.29 is 14.2 Å². The van der Waals surface area contributed by atoms with Gasteiger partial charge in [0.1, 0.15) is 18.5 Å². The maximum atomic E-state index is 6.06. The highest BCUT2D eigenvalue weighted by molar-refractivity contribution is 6.35. The monoisotopic (exact) mass is 342 g/mol.